The van der Waals surface area contributed by atoms with Gasteiger partial charge in [0.25, 0.3) is 0 Å². The number of nitrogens with zero attached hydrogens (tertiary/aromatic N) is 2. The van der Waals surface area contributed by atoms with Crippen LogP contribution >= 0.6 is 23.2 Å². The maximum atomic E-state index is 5.90. The van der Waals surface area contributed by atoms with Gasteiger partial charge in [-0.1, -0.05) is 30.1 Å². The standard InChI is InChI=1S/C13H13Cl2N3O/c1-2-16-6-9-7-17-13(18-8-9)19-10-3-4-11(14)12(15)5-10/h3-5,7-8,16H,2,6H2,1H3. The Kier molecular flexibility index (Phi) is 4.96. The summed E-state index contributed by atoms with van der Waals surface area (Å²) in [6, 6.07) is 5.28. The van der Waals surface area contributed by atoms with Crippen molar-refractivity contribution >= 4 is 23.2 Å². The van der Waals surface area contributed by atoms with Crippen LogP contribution in [-0.2, 0) is 6.54 Å². The van der Waals surface area contributed by atoms with Gasteiger partial charge in [-0.05, 0) is 18.7 Å². The van der Waals surface area contributed by atoms with Gasteiger partial charge in [-0.3, -0.25) is 0 Å². The molecule has 19 heavy (non-hydrogen) atoms. The molecule has 0 radical (unpaired) electrons. The third kappa shape index (κ3) is 4.06. The molecule has 1 N–H and O–H groups in total. The molecular weight excluding hydrogens is 285 g/mol. The lowest BCUT2D eigenvalue weighted by Gasteiger charge is -2.06. The zero-order valence-electron chi connectivity index (χ0n) is 10.4. The Balaban J connectivity index is 2.04. The third-order valence-corrected chi connectivity index (χ3v) is 3.10. The van der Waals surface area contributed by atoms with Gasteiger partial charge in [-0.15, -0.1) is 0 Å². The molecule has 0 aliphatic heterocycles. The molecule has 2 aromatic rings. The molecule has 4 nitrogen and oxygen atoms in total. The molecule has 0 saturated carbocycles. The first-order chi connectivity index (χ1) is 9.19. The van der Waals surface area contributed by atoms with Crippen molar-refractivity contribution in [3.63, 3.8) is 0 Å². The van der Waals surface area contributed by atoms with Gasteiger partial charge in [0.05, 0.1) is 10.0 Å². The van der Waals surface area contributed by atoms with Crippen LogP contribution in [0.3, 0.4) is 0 Å². The van der Waals surface area contributed by atoms with Gasteiger partial charge in [0.15, 0.2) is 0 Å². The quantitative estimate of drug-likeness (QED) is 0.914. The summed E-state index contributed by atoms with van der Waals surface area (Å²) in [5.74, 6) is 0.550. The van der Waals surface area contributed by atoms with E-state index in [0.29, 0.717) is 15.8 Å². The number of hydrogen-bond acceptors (Lipinski definition) is 4. The molecule has 0 fully saturated rings. The number of aromatic nitrogens is 2. The first-order valence-corrected chi connectivity index (χ1v) is 6.59. The highest BCUT2D eigenvalue weighted by atomic mass is 35.5. The predicted octanol–water partition coefficient (Wildman–Crippen LogP) is 3.69. The summed E-state index contributed by atoms with van der Waals surface area (Å²) in [6.07, 6.45) is 3.45. The molecule has 1 aromatic heterocycles. The van der Waals surface area contributed by atoms with Crippen LogP contribution in [0.4, 0.5) is 0 Å². The minimum absolute atomic E-state index is 0.277. The topological polar surface area (TPSA) is 47.0 Å². The zero-order valence-corrected chi connectivity index (χ0v) is 11.9. The molecule has 0 saturated heterocycles. The number of ether oxygens (including phenoxy) is 1. The van der Waals surface area contributed by atoms with Crippen LogP contribution < -0.4 is 10.1 Å². The molecule has 6 heteroatoms. The summed E-state index contributed by atoms with van der Waals surface area (Å²) in [5, 5.41) is 4.11. The van der Waals surface area contributed by atoms with Gasteiger partial charge in [-0.2, -0.15) is 0 Å². The van der Waals surface area contributed by atoms with Crippen molar-refractivity contribution in [2.24, 2.45) is 0 Å². The molecule has 0 aliphatic rings. The Morgan fingerprint density at radius 1 is 1.16 bits per heavy atom. The molecule has 0 unspecified atom stereocenters. The molecule has 0 aliphatic carbocycles. The maximum absolute atomic E-state index is 5.90. The van der Waals surface area contributed by atoms with E-state index in [1.165, 1.54) is 0 Å². The lowest BCUT2D eigenvalue weighted by atomic mass is 10.3. The summed E-state index contributed by atoms with van der Waals surface area (Å²) < 4.78 is 5.49. The molecule has 0 spiro atoms. The fourth-order valence-electron chi connectivity index (χ4n) is 1.40. The average Bonchev–Trinajstić information content (AvgIpc) is 2.42. The van der Waals surface area contributed by atoms with Crippen molar-refractivity contribution in [3.05, 3.63) is 46.2 Å². The van der Waals surface area contributed by atoms with Gasteiger partial charge in [0.1, 0.15) is 5.75 Å². The molecular formula is C13H13Cl2N3O. The largest absolute Gasteiger partial charge is 0.424 e. The first kappa shape index (κ1) is 14.1. The number of hydrogen-bond donors (Lipinski definition) is 1. The van der Waals surface area contributed by atoms with E-state index in [2.05, 4.69) is 15.3 Å². The van der Waals surface area contributed by atoms with E-state index in [9.17, 15) is 0 Å². The summed E-state index contributed by atoms with van der Waals surface area (Å²) >= 11 is 11.7. The van der Waals surface area contributed by atoms with Crippen molar-refractivity contribution in [2.45, 2.75) is 13.5 Å². The van der Waals surface area contributed by atoms with E-state index < -0.39 is 0 Å². The van der Waals surface area contributed by atoms with Gasteiger partial charge in [0.2, 0.25) is 0 Å². The van der Waals surface area contributed by atoms with Crippen LogP contribution in [0.15, 0.2) is 30.6 Å². The van der Waals surface area contributed by atoms with Crippen LogP contribution in [0.5, 0.6) is 11.8 Å². The predicted molar refractivity (Wildman–Crippen MR) is 75.9 cm³/mol. The van der Waals surface area contributed by atoms with Crippen LogP contribution in [-0.4, -0.2) is 16.5 Å². The minimum Gasteiger partial charge on any atom is -0.424 e. The fourth-order valence-corrected chi connectivity index (χ4v) is 1.69. The van der Waals surface area contributed by atoms with Crippen LogP contribution in [0.2, 0.25) is 10.0 Å². The van der Waals surface area contributed by atoms with E-state index in [1.54, 1.807) is 30.6 Å². The number of benzene rings is 1. The Bertz CT molecular complexity index is 546. The number of rotatable bonds is 5. The van der Waals surface area contributed by atoms with E-state index in [-0.39, 0.29) is 6.01 Å². The van der Waals surface area contributed by atoms with Crippen molar-refractivity contribution in [1.82, 2.24) is 15.3 Å². The van der Waals surface area contributed by atoms with Crippen molar-refractivity contribution < 1.29 is 4.74 Å². The third-order valence-electron chi connectivity index (χ3n) is 2.36. The van der Waals surface area contributed by atoms with Gasteiger partial charge in [-0.25, -0.2) is 9.97 Å². The van der Waals surface area contributed by atoms with E-state index in [0.717, 1.165) is 18.7 Å². The molecule has 0 amide bonds. The first-order valence-electron chi connectivity index (χ1n) is 5.83. The van der Waals surface area contributed by atoms with Crippen molar-refractivity contribution in [3.8, 4) is 11.8 Å². The second kappa shape index (κ2) is 6.70. The summed E-state index contributed by atoms with van der Waals surface area (Å²) in [6.45, 7) is 3.69. The van der Waals surface area contributed by atoms with E-state index in [4.69, 9.17) is 27.9 Å². The molecule has 1 heterocycles. The van der Waals surface area contributed by atoms with Crippen LogP contribution in [0.25, 0.3) is 0 Å². The molecule has 2 rings (SSSR count). The Hall–Kier alpha value is -1.36. The van der Waals surface area contributed by atoms with Crippen molar-refractivity contribution in [2.75, 3.05) is 6.54 Å². The van der Waals surface area contributed by atoms with Gasteiger partial charge in [0, 0.05) is 30.6 Å². The zero-order chi connectivity index (χ0) is 13.7. The molecule has 0 bridgehead atoms. The minimum atomic E-state index is 0.277. The lowest BCUT2D eigenvalue weighted by molar-refractivity contribution is 0.440. The van der Waals surface area contributed by atoms with Crippen LogP contribution in [0.1, 0.15) is 12.5 Å². The van der Waals surface area contributed by atoms with E-state index >= 15 is 0 Å². The van der Waals surface area contributed by atoms with Gasteiger partial charge < -0.3 is 10.1 Å². The highest BCUT2D eigenvalue weighted by Gasteiger charge is 2.04. The summed E-state index contributed by atoms with van der Waals surface area (Å²) in [5.41, 5.74) is 1.00. The average molecular weight is 298 g/mol. The lowest BCUT2D eigenvalue weighted by Crippen LogP contribution is -2.12. The van der Waals surface area contributed by atoms with Gasteiger partial charge >= 0.3 is 6.01 Å². The number of halogens is 2. The smallest absolute Gasteiger partial charge is 0.321 e. The highest BCUT2D eigenvalue weighted by molar-refractivity contribution is 6.42. The Morgan fingerprint density at radius 3 is 2.53 bits per heavy atom. The normalized spacial score (nSPS) is 10.5. The monoisotopic (exact) mass is 297 g/mol. The molecule has 1 aromatic carbocycles. The fraction of sp³-hybridized carbons (Fsp3) is 0.231. The Morgan fingerprint density at radius 2 is 1.89 bits per heavy atom. The summed E-state index contributed by atoms with van der Waals surface area (Å²) in [7, 11) is 0. The molecule has 100 valence electrons. The van der Waals surface area contributed by atoms with Crippen molar-refractivity contribution in [1.29, 1.82) is 0 Å². The second-order valence-electron chi connectivity index (χ2n) is 3.83. The maximum Gasteiger partial charge on any atom is 0.321 e. The SMILES string of the molecule is CCNCc1cnc(Oc2ccc(Cl)c(Cl)c2)nc1. The number of nitrogens with one attached hydrogen (secondary N) is 1. The van der Waals surface area contributed by atoms with E-state index in [1.807, 2.05) is 6.92 Å². The van der Waals surface area contributed by atoms with Crippen LogP contribution in [0, 0.1) is 0 Å². The Labute approximate surface area is 121 Å². The second-order valence-corrected chi connectivity index (χ2v) is 4.65. The highest BCUT2D eigenvalue weighted by Crippen LogP contribution is 2.28. The summed E-state index contributed by atoms with van der Waals surface area (Å²) in [4.78, 5) is 8.26. The molecule has 0 atom stereocenters.